The Morgan fingerprint density at radius 2 is 1.73 bits per heavy atom. The number of benzene rings is 1. The summed E-state index contributed by atoms with van der Waals surface area (Å²) in [7, 11) is 0. The molecule has 5 heteroatoms. The van der Waals surface area contributed by atoms with E-state index in [1.165, 1.54) is 24.8 Å². The summed E-state index contributed by atoms with van der Waals surface area (Å²) < 4.78 is 10.7. The molecule has 0 fully saturated rings. The maximum atomic E-state index is 12.0. The first-order valence-corrected chi connectivity index (χ1v) is 12.1. The molecule has 0 saturated heterocycles. The van der Waals surface area contributed by atoms with Crippen molar-refractivity contribution in [2.75, 3.05) is 0 Å². The summed E-state index contributed by atoms with van der Waals surface area (Å²) in [5, 5.41) is 0. The van der Waals surface area contributed by atoms with Gasteiger partial charge in [-0.25, -0.2) is 0 Å². The third-order valence-corrected chi connectivity index (χ3v) is 5.33. The minimum atomic E-state index is -0.244. The summed E-state index contributed by atoms with van der Waals surface area (Å²) in [5.41, 5.74) is 3.00. The van der Waals surface area contributed by atoms with Gasteiger partial charge in [0.25, 0.3) is 0 Å². The molecule has 0 bridgehead atoms. The molecule has 0 radical (unpaired) electrons. The maximum Gasteiger partial charge on any atom is 0.311 e. The van der Waals surface area contributed by atoms with Crippen molar-refractivity contribution in [2.24, 2.45) is 0 Å². The number of unbranched alkanes of at least 4 members (excludes halogenated alkanes) is 3. The van der Waals surface area contributed by atoms with E-state index in [1.54, 1.807) is 19.2 Å². The average molecular weight is 452 g/mol. The van der Waals surface area contributed by atoms with E-state index >= 15 is 0 Å². The summed E-state index contributed by atoms with van der Waals surface area (Å²) in [5.74, 6) is 0.0570. The lowest BCUT2D eigenvalue weighted by Crippen LogP contribution is -2.14. The molecule has 0 aliphatic heterocycles. The number of carbonyl (C=O) groups excluding carboxylic acids is 2. The van der Waals surface area contributed by atoms with E-state index in [1.807, 2.05) is 25.1 Å². The van der Waals surface area contributed by atoms with Crippen LogP contribution >= 0.6 is 0 Å². The highest BCUT2D eigenvalue weighted by molar-refractivity contribution is 5.72. The highest BCUT2D eigenvalue weighted by Crippen LogP contribution is 2.21. The Hall–Kier alpha value is -2.95. The molecule has 0 aliphatic carbocycles. The van der Waals surface area contributed by atoms with Crippen LogP contribution in [0.3, 0.4) is 0 Å². The van der Waals surface area contributed by atoms with Crippen molar-refractivity contribution in [1.29, 1.82) is 0 Å². The van der Waals surface area contributed by atoms with Gasteiger partial charge in [-0.15, -0.1) is 0 Å². The standard InChI is InChI=1S/C28H37NO4/c1-4-6-7-8-9-10-11-12-28(31)33-25-19-20-26(29-21-25)24-17-15-23(16-18-24)14-13-22(3)32-27(30)5-2/h9-10,15-22H,4-8,11-14H2,1-3H3. The molecule has 1 unspecified atom stereocenters. The number of hydrogen-bond donors (Lipinski definition) is 0. The van der Waals surface area contributed by atoms with Crippen molar-refractivity contribution in [1.82, 2.24) is 4.98 Å². The zero-order valence-electron chi connectivity index (χ0n) is 20.2. The molecular weight excluding hydrogens is 414 g/mol. The summed E-state index contributed by atoms with van der Waals surface area (Å²) in [6.45, 7) is 5.91. The van der Waals surface area contributed by atoms with Gasteiger partial charge in [0.15, 0.2) is 0 Å². The van der Waals surface area contributed by atoms with E-state index in [2.05, 4.69) is 36.2 Å². The molecule has 33 heavy (non-hydrogen) atoms. The van der Waals surface area contributed by atoms with Gasteiger partial charge in [-0.05, 0) is 56.7 Å². The molecule has 0 spiro atoms. The second-order valence-electron chi connectivity index (χ2n) is 8.25. The summed E-state index contributed by atoms with van der Waals surface area (Å²) in [6, 6.07) is 11.8. The molecule has 0 N–H and O–H groups in total. The van der Waals surface area contributed by atoms with Crippen molar-refractivity contribution >= 4 is 11.9 Å². The fourth-order valence-corrected chi connectivity index (χ4v) is 3.32. The first kappa shape index (κ1) is 26.3. The van der Waals surface area contributed by atoms with Crippen molar-refractivity contribution in [3.63, 3.8) is 0 Å². The van der Waals surface area contributed by atoms with Gasteiger partial charge in [0.1, 0.15) is 5.75 Å². The van der Waals surface area contributed by atoms with E-state index in [0.29, 0.717) is 25.0 Å². The zero-order chi connectivity index (χ0) is 23.9. The van der Waals surface area contributed by atoms with E-state index in [4.69, 9.17) is 9.47 Å². The molecule has 0 amide bonds. The number of nitrogens with zero attached hydrogens (tertiary/aromatic N) is 1. The van der Waals surface area contributed by atoms with Crippen LogP contribution in [0.2, 0.25) is 0 Å². The van der Waals surface area contributed by atoms with Crippen LogP contribution in [0.25, 0.3) is 11.3 Å². The molecule has 5 nitrogen and oxygen atoms in total. The van der Waals surface area contributed by atoms with Crippen LogP contribution in [0.5, 0.6) is 5.75 Å². The normalized spacial score (nSPS) is 12.0. The zero-order valence-corrected chi connectivity index (χ0v) is 20.2. The predicted octanol–water partition coefficient (Wildman–Crippen LogP) is 6.85. The lowest BCUT2D eigenvalue weighted by Gasteiger charge is -2.12. The van der Waals surface area contributed by atoms with Gasteiger partial charge in [-0.1, -0.05) is 63.1 Å². The fourth-order valence-electron chi connectivity index (χ4n) is 3.32. The molecule has 1 aromatic heterocycles. The smallest absolute Gasteiger partial charge is 0.311 e. The van der Waals surface area contributed by atoms with Crippen LogP contribution in [0.1, 0.15) is 77.7 Å². The highest BCUT2D eigenvalue weighted by atomic mass is 16.5. The van der Waals surface area contributed by atoms with Crippen LogP contribution in [-0.4, -0.2) is 23.0 Å². The summed E-state index contributed by atoms with van der Waals surface area (Å²) in [6.07, 6.45) is 13.5. The predicted molar refractivity (Wildman–Crippen MR) is 132 cm³/mol. The summed E-state index contributed by atoms with van der Waals surface area (Å²) >= 11 is 0. The second-order valence-corrected chi connectivity index (χ2v) is 8.25. The molecule has 0 saturated carbocycles. The number of carbonyl (C=O) groups is 2. The molecule has 0 aliphatic rings. The Labute approximate surface area is 198 Å². The van der Waals surface area contributed by atoms with E-state index in [0.717, 1.165) is 30.5 Å². The highest BCUT2D eigenvalue weighted by Gasteiger charge is 2.09. The van der Waals surface area contributed by atoms with E-state index in [-0.39, 0.29) is 18.0 Å². The molecular formula is C28H37NO4. The van der Waals surface area contributed by atoms with Gasteiger partial charge in [0, 0.05) is 18.4 Å². The quantitative estimate of drug-likeness (QED) is 0.179. The Bertz CT molecular complexity index is 872. The third-order valence-electron chi connectivity index (χ3n) is 5.33. The van der Waals surface area contributed by atoms with Gasteiger partial charge < -0.3 is 9.47 Å². The Morgan fingerprint density at radius 3 is 2.39 bits per heavy atom. The monoisotopic (exact) mass is 451 g/mol. The number of allylic oxidation sites excluding steroid dienone is 2. The Morgan fingerprint density at radius 1 is 0.970 bits per heavy atom. The summed E-state index contributed by atoms with van der Waals surface area (Å²) in [4.78, 5) is 27.8. The topological polar surface area (TPSA) is 65.5 Å². The number of pyridine rings is 1. The van der Waals surface area contributed by atoms with Gasteiger partial charge in [-0.2, -0.15) is 0 Å². The fraction of sp³-hybridized carbons (Fsp3) is 0.464. The molecule has 2 aromatic rings. The number of aryl methyl sites for hydroxylation is 1. The molecule has 178 valence electrons. The molecule has 2 rings (SSSR count). The molecule has 1 heterocycles. The van der Waals surface area contributed by atoms with Gasteiger partial charge in [-0.3, -0.25) is 14.6 Å². The van der Waals surface area contributed by atoms with Crippen LogP contribution in [0, 0.1) is 0 Å². The van der Waals surface area contributed by atoms with Gasteiger partial charge in [0.2, 0.25) is 0 Å². The van der Waals surface area contributed by atoms with Crippen LogP contribution in [0.4, 0.5) is 0 Å². The third kappa shape index (κ3) is 10.5. The van der Waals surface area contributed by atoms with Crippen molar-refractivity contribution in [2.45, 2.75) is 84.7 Å². The van der Waals surface area contributed by atoms with Crippen LogP contribution in [-0.2, 0) is 20.7 Å². The Balaban J connectivity index is 1.77. The lowest BCUT2D eigenvalue weighted by molar-refractivity contribution is -0.148. The lowest BCUT2D eigenvalue weighted by atomic mass is 10.0. The number of ether oxygens (including phenoxy) is 2. The van der Waals surface area contributed by atoms with Gasteiger partial charge >= 0.3 is 11.9 Å². The van der Waals surface area contributed by atoms with E-state index in [9.17, 15) is 9.59 Å². The largest absolute Gasteiger partial charge is 0.463 e. The van der Waals surface area contributed by atoms with Crippen molar-refractivity contribution in [3.8, 4) is 17.0 Å². The first-order valence-electron chi connectivity index (χ1n) is 12.1. The second kappa shape index (κ2) is 15.0. The van der Waals surface area contributed by atoms with Crippen molar-refractivity contribution in [3.05, 3.63) is 60.3 Å². The first-order chi connectivity index (χ1) is 16.0. The van der Waals surface area contributed by atoms with E-state index < -0.39 is 0 Å². The minimum absolute atomic E-state index is 0.0872. The van der Waals surface area contributed by atoms with Crippen LogP contribution < -0.4 is 4.74 Å². The number of rotatable bonds is 14. The minimum Gasteiger partial charge on any atom is -0.463 e. The number of aromatic nitrogens is 1. The SMILES string of the molecule is CCCCCC=CCCC(=O)Oc1ccc(-c2ccc(CCC(C)OC(=O)CC)cc2)nc1. The average Bonchev–Trinajstić information content (AvgIpc) is 2.83. The Kier molecular flexibility index (Phi) is 11.9. The van der Waals surface area contributed by atoms with Crippen molar-refractivity contribution < 1.29 is 19.1 Å². The number of esters is 2. The number of hydrogen-bond acceptors (Lipinski definition) is 5. The molecule has 1 atom stereocenters. The maximum absolute atomic E-state index is 12.0. The van der Waals surface area contributed by atoms with Gasteiger partial charge in [0.05, 0.1) is 18.0 Å². The molecule has 1 aromatic carbocycles. The van der Waals surface area contributed by atoms with Crippen LogP contribution in [0.15, 0.2) is 54.7 Å².